The second-order valence-corrected chi connectivity index (χ2v) is 9.39. The summed E-state index contributed by atoms with van der Waals surface area (Å²) in [5.74, 6) is 0.866. The van der Waals surface area contributed by atoms with Gasteiger partial charge in [-0.3, -0.25) is 9.59 Å². The molecule has 2 unspecified atom stereocenters. The molecule has 4 bridgehead atoms. The Balaban J connectivity index is 1.49. The highest BCUT2D eigenvalue weighted by Gasteiger charge is 2.57. The minimum Gasteiger partial charge on any atom is -0.456 e. The Labute approximate surface area is 145 Å². The van der Waals surface area contributed by atoms with Crippen LogP contribution in [0.5, 0.6) is 0 Å². The van der Waals surface area contributed by atoms with E-state index >= 15 is 0 Å². The van der Waals surface area contributed by atoms with Gasteiger partial charge < -0.3 is 10.1 Å². The first kappa shape index (κ1) is 16.8. The predicted octanol–water partition coefficient (Wildman–Crippen LogP) is 2.68. The van der Waals surface area contributed by atoms with Crippen LogP contribution in [0.4, 0.5) is 0 Å². The molecule has 1 N–H and O–H groups in total. The molecular weight excluding hydrogens is 360 g/mol. The predicted molar refractivity (Wildman–Crippen MR) is 87.6 cm³/mol. The zero-order chi connectivity index (χ0) is 16.5. The normalized spacial score (nSPS) is 37.2. The molecule has 0 heterocycles. The number of rotatable bonds is 6. The van der Waals surface area contributed by atoms with E-state index in [-0.39, 0.29) is 34.6 Å². The maximum atomic E-state index is 12.2. The number of carbonyl (C=O) groups excluding carboxylic acids is 2. The summed E-state index contributed by atoms with van der Waals surface area (Å²) in [6.07, 6.45) is 7.78. The Morgan fingerprint density at radius 2 is 1.96 bits per heavy atom. The number of ether oxygens (including phenoxy) is 1. The summed E-state index contributed by atoms with van der Waals surface area (Å²) < 4.78 is 5.39. The van der Waals surface area contributed by atoms with Gasteiger partial charge in [0.05, 0.1) is 18.9 Å². The number of hydrogen-bond donors (Lipinski definition) is 1. The monoisotopic (exact) mass is 382 g/mol. The van der Waals surface area contributed by atoms with Crippen LogP contribution in [0.1, 0.15) is 51.4 Å². The molecule has 4 saturated carbocycles. The highest BCUT2D eigenvalue weighted by Crippen LogP contribution is 2.65. The fourth-order valence-electron chi connectivity index (χ4n) is 5.35. The van der Waals surface area contributed by atoms with Crippen LogP contribution in [0, 0.1) is 28.6 Å². The quantitative estimate of drug-likeness (QED) is 0.435. The van der Waals surface area contributed by atoms with Crippen LogP contribution in [0.2, 0.25) is 0 Å². The topological polar surface area (TPSA) is 79.2 Å². The van der Waals surface area contributed by atoms with Gasteiger partial charge >= 0.3 is 5.97 Å². The average molecular weight is 383 g/mol. The van der Waals surface area contributed by atoms with Crippen LogP contribution in [0.25, 0.3) is 0 Å². The summed E-state index contributed by atoms with van der Waals surface area (Å²) in [5, 5.41) is 11.0. The van der Waals surface area contributed by atoms with Gasteiger partial charge in [0.1, 0.15) is 0 Å². The first-order chi connectivity index (χ1) is 10.9. The number of esters is 1. The molecule has 1 amide bonds. The highest BCUT2D eigenvalue weighted by molar-refractivity contribution is 9.10. The fraction of sp³-hybridized carbons (Fsp3) is 0.824. The van der Waals surface area contributed by atoms with E-state index in [0.29, 0.717) is 13.0 Å². The van der Waals surface area contributed by atoms with E-state index in [1.54, 1.807) is 0 Å². The molecule has 0 aromatic rings. The van der Waals surface area contributed by atoms with Gasteiger partial charge in [-0.05, 0) is 55.8 Å². The molecule has 0 aromatic carbocycles. The maximum absolute atomic E-state index is 12.2. The van der Waals surface area contributed by atoms with Crippen molar-refractivity contribution in [3.05, 3.63) is 0 Å². The lowest BCUT2D eigenvalue weighted by Crippen LogP contribution is -2.53. The maximum Gasteiger partial charge on any atom is 0.306 e. The number of hydrogen-bond acceptors (Lipinski definition) is 4. The molecule has 0 aliphatic heterocycles. The van der Waals surface area contributed by atoms with E-state index in [9.17, 15) is 9.59 Å². The standard InChI is InChI=1S/C17H23BrN2O3/c18-17-7-12-4-13(8-17)6-16(5-12,11-17)9-15(22)23-10-14(21)20-3-1-2-19/h12-13H,1,3-11H2,(H,20,21)/t12-,13+,16?,17?. The minimum atomic E-state index is -0.337. The molecular formula is C17H23BrN2O3. The second-order valence-electron chi connectivity index (χ2n) is 7.71. The molecule has 126 valence electrons. The number of nitrogens with one attached hydrogen (secondary N) is 1. The molecule has 23 heavy (non-hydrogen) atoms. The van der Waals surface area contributed by atoms with Gasteiger partial charge in [0, 0.05) is 10.9 Å². The number of amides is 1. The van der Waals surface area contributed by atoms with Crippen molar-refractivity contribution < 1.29 is 14.3 Å². The molecule has 0 spiro atoms. The number of carbonyl (C=O) groups is 2. The van der Waals surface area contributed by atoms with Crippen molar-refractivity contribution in [1.29, 1.82) is 5.26 Å². The summed E-state index contributed by atoms with van der Waals surface area (Å²) >= 11 is 3.94. The van der Waals surface area contributed by atoms with Gasteiger partial charge in [0.15, 0.2) is 6.61 Å². The molecule has 4 aliphatic rings. The molecule has 6 heteroatoms. The zero-order valence-electron chi connectivity index (χ0n) is 13.3. The number of halogens is 1. The summed E-state index contributed by atoms with van der Waals surface area (Å²) in [7, 11) is 0. The summed E-state index contributed by atoms with van der Waals surface area (Å²) in [5.41, 5.74) is 0.0714. The molecule has 0 saturated heterocycles. The van der Waals surface area contributed by atoms with Gasteiger partial charge in [-0.25, -0.2) is 0 Å². The third kappa shape index (κ3) is 3.88. The number of alkyl halides is 1. The first-order valence-electron chi connectivity index (χ1n) is 8.40. The van der Waals surface area contributed by atoms with Crippen LogP contribution >= 0.6 is 15.9 Å². The summed E-state index contributed by atoms with van der Waals surface area (Å²) in [4.78, 5) is 23.7. The first-order valence-corrected chi connectivity index (χ1v) is 9.20. The van der Waals surface area contributed by atoms with Crippen molar-refractivity contribution in [2.75, 3.05) is 13.2 Å². The third-order valence-corrected chi connectivity index (χ3v) is 6.48. The van der Waals surface area contributed by atoms with Gasteiger partial charge in [-0.1, -0.05) is 15.9 Å². The molecule has 0 aromatic heterocycles. The minimum absolute atomic E-state index is 0.0714. The van der Waals surface area contributed by atoms with Gasteiger partial charge in [-0.2, -0.15) is 5.26 Å². The van der Waals surface area contributed by atoms with E-state index in [1.165, 1.54) is 19.3 Å². The van der Waals surface area contributed by atoms with Gasteiger partial charge in [0.2, 0.25) is 0 Å². The molecule has 4 aliphatic carbocycles. The Morgan fingerprint density at radius 1 is 1.26 bits per heavy atom. The fourth-order valence-corrected chi connectivity index (χ4v) is 6.87. The van der Waals surface area contributed by atoms with E-state index in [1.807, 2.05) is 6.07 Å². The molecule has 4 rings (SSSR count). The van der Waals surface area contributed by atoms with Crippen molar-refractivity contribution in [2.45, 2.75) is 55.7 Å². The zero-order valence-corrected chi connectivity index (χ0v) is 14.9. The van der Waals surface area contributed by atoms with Crippen LogP contribution < -0.4 is 5.32 Å². The Kier molecular flexibility index (Phi) is 4.68. The van der Waals surface area contributed by atoms with Crippen LogP contribution in [0.15, 0.2) is 0 Å². The van der Waals surface area contributed by atoms with E-state index in [4.69, 9.17) is 10.00 Å². The van der Waals surface area contributed by atoms with E-state index < -0.39 is 0 Å². The van der Waals surface area contributed by atoms with E-state index in [0.717, 1.165) is 31.1 Å². The molecule has 4 atom stereocenters. The average Bonchev–Trinajstić information content (AvgIpc) is 2.42. The summed E-state index contributed by atoms with van der Waals surface area (Å²) in [6.45, 7) is 0.0545. The Bertz CT molecular complexity index is 528. The second kappa shape index (κ2) is 6.43. The highest BCUT2D eigenvalue weighted by atomic mass is 79.9. The van der Waals surface area contributed by atoms with Crippen LogP contribution in [0.3, 0.4) is 0 Å². The summed E-state index contributed by atoms with van der Waals surface area (Å²) in [6, 6.07) is 1.95. The lowest BCUT2D eigenvalue weighted by molar-refractivity contribution is -0.154. The molecule has 5 nitrogen and oxygen atoms in total. The Morgan fingerprint density at radius 3 is 2.57 bits per heavy atom. The number of nitriles is 1. The van der Waals surface area contributed by atoms with Crippen LogP contribution in [-0.2, 0) is 14.3 Å². The van der Waals surface area contributed by atoms with Gasteiger partial charge in [0.25, 0.3) is 5.91 Å². The van der Waals surface area contributed by atoms with Crippen molar-refractivity contribution in [1.82, 2.24) is 5.32 Å². The van der Waals surface area contributed by atoms with Crippen molar-refractivity contribution in [3.8, 4) is 6.07 Å². The number of nitrogens with zero attached hydrogens (tertiary/aromatic N) is 1. The van der Waals surface area contributed by atoms with Crippen LogP contribution in [-0.4, -0.2) is 29.4 Å². The molecule has 4 fully saturated rings. The van der Waals surface area contributed by atoms with Crippen molar-refractivity contribution in [2.24, 2.45) is 17.3 Å². The smallest absolute Gasteiger partial charge is 0.306 e. The van der Waals surface area contributed by atoms with Crippen molar-refractivity contribution in [3.63, 3.8) is 0 Å². The SMILES string of the molecule is N#CCCNC(=O)COC(=O)CC12C[C@@H]3C[C@@H](CC(Br)(C3)C1)C2. The Hall–Kier alpha value is -1.09. The third-order valence-electron chi connectivity index (χ3n) is 5.55. The lowest BCUT2D eigenvalue weighted by atomic mass is 9.49. The van der Waals surface area contributed by atoms with E-state index in [2.05, 4.69) is 21.2 Å². The molecule has 0 radical (unpaired) electrons. The van der Waals surface area contributed by atoms with Gasteiger partial charge in [-0.15, -0.1) is 0 Å². The largest absolute Gasteiger partial charge is 0.456 e. The lowest BCUT2D eigenvalue weighted by Gasteiger charge is -2.60. The van der Waals surface area contributed by atoms with Crippen molar-refractivity contribution >= 4 is 27.8 Å².